The highest BCUT2D eigenvalue weighted by molar-refractivity contribution is 5.95. The molecule has 1 heterocycles. The minimum absolute atomic E-state index is 0.0530. The number of methoxy groups -OCH3 is 1. The van der Waals surface area contributed by atoms with Gasteiger partial charge in [0.15, 0.2) is 0 Å². The Hall–Kier alpha value is -2.89. The van der Waals surface area contributed by atoms with Crippen LogP contribution < -0.4 is 4.74 Å². The van der Waals surface area contributed by atoms with Crippen molar-refractivity contribution in [3.8, 4) is 5.75 Å². The maximum Gasteiger partial charge on any atom is 0.335 e. The number of carboxylic acids is 1. The summed E-state index contributed by atoms with van der Waals surface area (Å²) in [4.78, 5) is 29.5. The summed E-state index contributed by atoms with van der Waals surface area (Å²) < 4.78 is 5.15. The molecule has 0 fully saturated rings. The first-order valence-corrected chi connectivity index (χ1v) is 8.09. The van der Waals surface area contributed by atoms with Gasteiger partial charge in [0.1, 0.15) is 11.4 Å². The first kappa shape index (κ1) is 18.4. The molecule has 132 valence electrons. The molecule has 2 rings (SSSR count). The van der Waals surface area contributed by atoms with Crippen molar-refractivity contribution in [2.24, 2.45) is 0 Å². The maximum absolute atomic E-state index is 12.7. The monoisotopic (exact) mass is 342 g/mol. The lowest BCUT2D eigenvalue weighted by atomic mass is 10.1. The molecular formula is C19H22N2O4. The van der Waals surface area contributed by atoms with Crippen molar-refractivity contribution in [2.45, 2.75) is 26.3 Å². The molecule has 6 heteroatoms. The average molecular weight is 342 g/mol. The van der Waals surface area contributed by atoms with E-state index in [4.69, 9.17) is 9.84 Å². The number of aromatic carboxylic acids is 1. The predicted molar refractivity (Wildman–Crippen MR) is 94.1 cm³/mol. The number of nitrogens with zero attached hydrogens (tertiary/aromatic N) is 2. The molecule has 0 spiro atoms. The molecule has 0 radical (unpaired) electrons. The van der Waals surface area contributed by atoms with E-state index in [1.807, 2.05) is 38.1 Å². The highest BCUT2D eigenvalue weighted by atomic mass is 16.5. The van der Waals surface area contributed by atoms with Crippen LogP contribution in [0.2, 0.25) is 0 Å². The Morgan fingerprint density at radius 1 is 1.24 bits per heavy atom. The Kier molecular flexibility index (Phi) is 6.11. The van der Waals surface area contributed by atoms with Gasteiger partial charge in [-0.3, -0.25) is 9.78 Å². The summed E-state index contributed by atoms with van der Waals surface area (Å²) in [6, 6.07) is 10.3. The van der Waals surface area contributed by atoms with Gasteiger partial charge in [0.2, 0.25) is 0 Å². The third kappa shape index (κ3) is 4.56. The summed E-state index contributed by atoms with van der Waals surface area (Å²) in [7, 11) is 1.62. The molecule has 1 aromatic heterocycles. The van der Waals surface area contributed by atoms with Crippen LogP contribution in [0.15, 0.2) is 42.6 Å². The summed E-state index contributed by atoms with van der Waals surface area (Å²) in [6.07, 6.45) is 2.03. The van der Waals surface area contributed by atoms with Gasteiger partial charge in [-0.2, -0.15) is 0 Å². The fraction of sp³-hybridized carbons (Fsp3) is 0.316. The van der Waals surface area contributed by atoms with Gasteiger partial charge in [0.05, 0.1) is 12.7 Å². The summed E-state index contributed by atoms with van der Waals surface area (Å²) >= 11 is 0. The molecule has 1 unspecified atom stereocenters. The lowest BCUT2D eigenvalue weighted by Gasteiger charge is -2.28. The van der Waals surface area contributed by atoms with Gasteiger partial charge in [-0.25, -0.2) is 4.79 Å². The van der Waals surface area contributed by atoms with Crippen LogP contribution in [-0.2, 0) is 6.42 Å². The van der Waals surface area contributed by atoms with Gasteiger partial charge < -0.3 is 14.7 Å². The van der Waals surface area contributed by atoms with Crippen molar-refractivity contribution in [3.05, 3.63) is 59.4 Å². The standard InChI is InChI=1S/C19H22N2O4/c1-4-21(13(2)11-14-5-7-16(25-3)8-6-14)18(22)17-12-15(19(23)24)9-10-20-17/h5-10,12-13H,4,11H2,1-3H3,(H,23,24). The van der Waals surface area contributed by atoms with Crippen LogP contribution in [0.4, 0.5) is 0 Å². The van der Waals surface area contributed by atoms with E-state index in [1.54, 1.807) is 12.0 Å². The van der Waals surface area contributed by atoms with E-state index in [-0.39, 0.29) is 23.2 Å². The zero-order valence-electron chi connectivity index (χ0n) is 14.6. The number of rotatable bonds is 7. The minimum Gasteiger partial charge on any atom is -0.497 e. The lowest BCUT2D eigenvalue weighted by Crippen LogP contribution is -2.40. The van der Waals surface area contributed by atoms with Crippen LogP contribution in [0.5, 0.6) is 5.75 Å². The molecule has 1 atom stereocenters. The molecule has 0 aliphatic heterocycles. The topological polar surface area (TPSA) is 79.7 Å². The van der Waals surface area contributed by atoms with Gasteiger partial charge in [-0.15, -0.1) is 0 Å². The summed E-state index contributed by atoms with van der Waals surface area (Å²) in [6.45, 7) is 4.37. The molecule has 2 aromatic rings. The number of likely N-dealkylation sites (N-methyl/N-ethyl adjacent to an activating group) is 1. The van der Waals surface area contributed by atoms with Gasteiger partial charge >= 0.3 is 5.97 Å². The number of benzene rings is 1. The van der Waals surface area contributed by atoms with Crippen molar-refractivity contribution in [1.82, 2.24) is 9.88 Å². The van der Waals surface area contributed by atoms with E-state index < -0.39 is 5.97 Å². The molecular weight excluding hydrogens is 320 g/mol. The summed E-state index contributed by atoms with van der Waals surface area (Å²) in [5.41, 5.74) is 1.28. The Labute approximate surface area is 147 Å². The molecule has 0 aliphatic carbocycles. The van der Waals surface area contributed by atoms with Crippen LogP contribution >= 0.6 is 0 Å². The molecule has 0 bridgehead atoms. The van der Waals surface area contributed by atoms with Gasteiger partial charge in [0.25, 0.3) is 5.91 Å². The van der Waals surface area contributed by atoms with Crippen molar-refractivity contribution in [2.75, 3.05) is 13.7 Å². The van der Waals surface area contributed by atoms with E-state index in [1.165, 1.54) is 18.3 Å². The molecule has 1 N–H and O–H groups in total. The summed E-state index contributed by atoms with van der Waals surface area (Å²) in [5, 5.41) is 9.07. The van der Waals surface area contributed by atoms with Crippen LogP contribution in [0.1, 0.15) is 40.3 Å². The molecule has 0 saturated carbocycles. The second kappa shape index (κ2) is 8.28. The Morgan fingerprint density at radius 2 is 1.92 bits per heavy atom. The molecule has 1 amide bonds. The maximum atomic E-state index is 12.7. The number of amides is 1. The molecule has 0 saturated heterocycles. The molecule has 0 aliphatic rings. The molecule has 25 heavy (non-hydrogen) atoms. The van der Waals surface area contributed by atoms with Gasteiger partial charge in [0, 0.05) is 18.8 Å². The Bertz CT molecular complexity index is 743. The number of aromatic nitrogens is 1. The number of carbonyl (C=O) groups excluding carboxylic acids is 1. The van der Waals surface area contributed by atoms with Gasteiger partial charge in [-0.1, -0.05) is 12.1 Å². The fourth-order valence-corrected chi connectivity index (χ4v) is 2.70. The van der Waals surface area contributed by atoms with Crippen LogP contribution in [-0.4, -0.2) is 46.6 Å². The number of hydrogen-bond acceptors (Lipinski definition) is 4. The van der Waals surface area contributed by atoms with E-state index >= 15 is 0 Å². The van der Waals surface area contributed by atoms with Crippen molar-refractivity contribution in [1.29, 1.82) is 0 Å². The normalized spacial score (nSPS) is 11.6. The number of hydrogen-bond donors (Lipinski definition) is 1. The highest BCUT2D eigenvalue weighted by Crippen LogP contribution is 2.16. The Morgan fingerprint density at radius 3 is 2.48 bits per heavy atom. The van der Waals surface area contributed by atoms with E-state index in [9.17, 15) is 9.59 Å². The van der Waals surface area contributed by atoms with Gasteiger partial charge in [-0.05, 0) is 50.1 Å². The average Bonchev–Trinajstić information content (AvgIpc) is 2.63. The first-order chi connectivity index (χ1) is 12.0. The van der Waals surface area contributed by atoms with Crippen LogP contribution in [0, 0.1) is 0 Å². The van der Waals surface area contributed by atoms with Crippen molar-refractivity contribution in [3.63, 3.8) is 0 Å². The second-order valence-electron chi connectivity index (χ2n) is 5.73. The van der Waals surface area contributed by atoms with Crippen molar-refractivity contribution < 1.29 is 19.4 Å². The zero-order chi connectivity index (χ0) is 18.4. The molecule has 1 aromatic carbocycles. The van der Waals surface area contributed by atoms with Crippen molar-refractivity contribution >= 4 is 11.9 Å². The van der Waals surface area contributed by atoms with E-state index in [2.05, 4.69) is 4.98 Å². The minimum atomic E-state index is -1.08. The predicted octanol–water partition coefficient (Wildman–Crippen LogP) is 2.88. The van der Waals surface area contributed by atoms with E-state index in [0.29, 0.717) is 13.0 Å². The number of ether oxygens (including phenoxy) is 1. The Balaban J connectivity index is 2.15. The number of carboxylic acid groups (broad SMARTS) is 1. The largest absolute Gasteiger partial charge is 0.497 e. The first-order valence-electron chi connectivity index (χ1n) is 8.09. The summed E-state index contributed by atoms with van der Waals surface area (Å²) in [5.74, 6) is -0.563. The van der Waals surface area contributed by atoms with E-state index in [0.717, 1.165) is 11.3 Å². The smallest absolute Gasteiger partial charge is 0.335 e. The van der Waals surface area contributed by atoms with Crippen LogP contribution in [0.25, 0.3) is 0 Å². The third-order valence-electron chi connectivity index (χ3n) is 4.05. The lowest BCUT2D eigenvalue weighted by molar-refractivity contribution is 0.0696. The quantitative estimate of drug-likeness (QED) is 0.837. The number of pyridine rings is 1. The second-order valence-corrected chi connectivity index (χ2v) is 5.73. The molecule has 6 nitrogen and oxygen atoms in total. The number of carbonyl (C=O) groups is 2. The van der Waals surface area contributed by atoms with Crippen LogP contribution in [0.3, 0.4) is 0 Å². The zero-order valence-corrected chi connectivity index (χ0v) is 14.6. The highest BCUT2D eigenvalue weighted by Gasteiger charge is 2.22. The fourth-order valence-electron chi connectivity index (χ4n) is 2.70. The third-order valence-corrected chi connectivity index (χ3v) is 4.05. The SMILES string of the molecule is CCN(C(=O)c1cc(C(=O)O)ccn1)C(C)Cc1ccc(OC)cc1.